The minimum Gasteiger partial charge on any atom is -0.266 e. The molecule has 0 N–H and O–H groups in total. The molecule has 0 saturated heterocycles. The van der Waals surface area contributed by atoms with Crippen LogP contribution >= 0.6 is 0 Å². The Kier molecular flexibility index (Phi) is 2.14. The fourth-order valence-electron chi connectivity index (χ4n) is 0.801. The van der Waals surface area contributed by atoms with Crippen molar-refractivity contribution in [3.63, 3.8) is 0 Å². The van der Waals surface area contributed by atoms with E-state index in [0.29, 0.717) is 6.42 Å². The predicted molar refractivity (Wildman–Crippen MR) is 36.4 cm³/mol. The number of halogens is 2. The first-order valence-corrected chi connectivity index (χ1v) is 3.19. The zero-order valence-electron chi connectivity index (χ0n) is 5.72. The summed E-state index contributed by atoms with van der Waals surface area (Å²) in [5.41, 5.74) is 0.830. The number of nitrogens with zero attached hydrogens (tertiary/aromatic N) is 1. The summed E-state index contributed by atoms with van der Waals surface area (Å²) in [5.74, 6) is -0.663. The van der Waals surface area contributed by atoms with Crippen molar-refractivity contribution in [2.75, 3.05) is 0 Å². The van der Waals surface area contributed by atoms with Gasteiger partial charge in [-0.1, -0.05) is 6.08 Å². The lowest BCUT2D eigenvalue weighted by atomic mass is 10.1. The molecule has 1 aliphatic rings. The molecule has 0 saturated carbocycles. The van der Waals surface area contributed by atoms with Crippen LogP contribution in [-0.4, -0.2) is 12.6 Å². The molecule has 1 atom stereocenters. The summed E-state index contributed by atoms with van der Waals surface area (Å²) in [7, 11) is 0. The van der Waals surface area contributed by atoms with Crippen LogP contribution in [0.25, 0.3) is 0 Å². The molecule has 0 spiro atoms. The summed E-state index contributed by atoms with van der Waals surface area (Å²) < 4.78 is 23.9. The van der Waals surface area contributed by atoms with E-state index < -0.39 is 12.3 Å². The molecular weight excluding hydrogens is 136 g/mol. The lowest BCUT2D eigenvalue weighted by molar-refractivity contribution is 0.111. The molecule has 1 rings (SSSR count). The highest BCUT2D eigenvalue weighted by Crippen LogP contribution is 2.17. The molecule has 1 unspecified atom stereocenters. The number of hydrogen-bond donors (Lipinski definition) is 0. The zero-order valence-corrected chi connectivity index (χ0v) is 5.72. The van der Waals surface area contributed by atoms with Gasteiger partial charge in [0.2, 0.25) is 6.43 Å². The first-order chi connectivity index (χ1) is 4.70. The molecule has 1 nitrogen and oxygen atoms in total. The Morgan fingerprint density at radius 2 is 2.40 bits per heavy atom. The van der Waals surface area contributed by atoms with Crippen molar-refractivity contribution in [2.24, 2.45) is 10.9 Å². The molecular formula is C7H9F2N. The van der Waals surface area contributed by atoms with Gasteiger partial charge in [0.1, 0.15) is 0 Å². The van der Waals surface area contributed by atoms with Crippen molar-refractivity contribution in [3.8, 4) is 0 Å². The molecule has 0 bridgehead atoms. The maximum Gasteiger partial charge on any atom is 0.246 e. The highest BCUT2D eigenvalue weighted by atomic mass is 19.3. The summed E-state index contributed by atoms with van der Waals surface area (Å²) in [5, 5.41) is 0. The maximum absolute atomic E-state index is 11.9. The first-order valence-electron chi connectivity index (χ1n) is 3.19. The molecule has 0 aliphatic carbocycles. The van der Waals surface area contributed by atoms with Gasteiger partial charge in [0.15, 0.2) is 0 Å². The molecule has 1 heterocycles. The quantitative estimate of drug-likeness (QED) is 0.536. The topological polar surface area (TPSA) is 12.4 Å². The van der Waals surface area contributed by atoms with E-state index in [1.165, 1.54) is 6.21 Å². The van der Waals surface area contributed by atoms with Crippen molar-refractivity contribution < 1.29 is 8.78 Å². The van der Waals surface area contributed by atoms with Crippen LogP contribution in [0, 0.1) is 5.92 Å². The molecule has 56 valence electrons. The zero-order chi connectivity index (χ0) is 7.56. The van der Waals surface area contributed by atoms with Gasteiger partial charge in [-0.05, 0) is 13.3 Å². The van der Waals surface area contributed by atoms with E-state index in [1.54, 1.807) is 13.0 Å². The fraction of sp³-hybridized carbons (Fsp3) is 0.571. The summed E-state index contributed by atoms with van der Waals surface area (Å²) in [4.78, 5) is 3.79. The van der Waals surface area contributed by atoms with Crippen molar-refractivity contribution in [2.45, 2.75) is 19.8 Å². The minimum atomic E-state index is -2.27. The summed E-state index contributed by atoms with van der Waals surface area (Å²) in [6.45, 7) is 1.80. The molecule has 0 radical (unpaired) electrons. The second-order valence-electron chi connectivity index (χ2n) is 2.36. The molecule has 1 aliphatic heterocycles. The molecule has 0 amide bonds. The second-order valence-corrected chi connectivity index (χ2v) is 2.36. The van der Waals surface area contributed by atoms with E-state index in [1.807, 2.05) is 0 Å². The third-order valence-corrected chi connectivity index (χ3v) is 1.48. The average Bonchev–Trinajstić information content (AvgIpc) is 1.88. The lowest BCUT2D eigenvalue weighted by Gasteiger charge is -2.11. The van der Waals surface area contributed by atoms with Gasteiger partial charge in [0.05, 0.1) is 5.92 Å². The van der Waals surface area contributed by atoms with Crippen LogP contribution in [0.15, 0.2) is 16.8 Å². The van der Waals surface area contributed by atoms with Gasteiger partial charge >= 0.3 is 0 Å². The Morgan fingerprint density at radius 1 is 1.70 bits per heavy atom. The summed E-state index contributed by atoms with van der Waals surface area (Å²) in [6, 6.07) is 0. The fourth-order valence-corrected chi connectivity index (χ4v) is 0.801. The van der Waals surface area contributed by atoms with E-state index in [9.17, 15) is 8.78 Å². The van der Waals surface area contributed by atoms with E-state index in [0.717, 1.165) is 5.70 Å². The molecule has 0 aromatic heterocycles. The number of hydrogen-bond acceptors (Lipinski definition) is 1. The monoisotopic (exact) mass is 145 g/mol. The lowest BCUT2D eigenvalue weighted by Crippen LogP contribution is -2.13. The SMILES string of the molecule is CC1=CCC(C(F)F)C=N1. The van der Waals surface area contributed by atoms with Gasteiger partial charge < -0.3 is 0 Å². The van der Waals surface area contributed by atoms with Gasteiger partial charge in [-0.15, -0.1) is 0 Å². The third kappa shape index (κ3) is 1.62. The van der Waals surface area contributed by atoms with Gasteiger partial charge in [0.25, 0.3) is 0 Å². The van der Waals surface area contributed by atoms with Gasteiger partial charge in [-0.2, -0.15) is 0 Å². The van der Waals surface area contributed by atoms with Gasteiger partial charge in [0, 0.05) is 11.9 Å². The molecule has 3 heteroatoms. The Labute approximate surface area is 58.5 Å². The van der Waals surface area contributed by atoms with Crippen molar-refractivity contribution in [3.05, 3.63) is 11.8 Å². The summed E-state index contributed by atoms with van der Waals surface area (Å²) >= 11 is 0. The van der Waals surface area contributed by atoms with Crippen LogP contribution in [0.3, 0.4) is 0 Å². The van der Waals surface area contributed by atoms with Crippen LogP contribution in [0.1, 0.15) is 13.3 Å². The molecule has 10 heavy (non-hydrogen) atoms. The van der Waals surface area contributed by atoms with Crippen LogP contribution in [0.5, 0.6) is 0 Å². The highest BCUT2D eigenvalue weighted by molar-refractivity contribution is 5.64. The Morgan fingerprint density at radius 3 is 2.80 bits per heavy atom. The standard InChI is InChI=1S/C7H9F2N/c1-5-2-3-6(4-10-5)7(8)9/h2,4,6-7H,3H2,1H3. The molecule has 0 aromatic rings. The van der Waals surface area contributed by atoms with E-state index in [-0.39, 0.29) is 0 Å². The van der Waals surface area contributed by atoms with Crippen LogP contribution < -0.4 is 0 Å². The highest BCUT2D eigenvalue weighted by Gasteiger charge is 2.18. The molecule has 0 fully saturated rings. The normalized spacial score (nSPS) is 25.2. The van der Waals surface area contributed by atoms with Crippen molar-refractivity contribution in [1.82, 2.24) is 0 Å². The minimum absolute atomic E-state index is 0.424. The van der Waals surface area contributed by atoms with E-state index in [2.05, 4.69) is 4.99 Å². The van der Waals surface area contributed by atoms with Crippen LogP contribution in [0.4, 0.5) is 8.78 Å². The largest absolute Gasteiger partial charge is 0.266 e. The van der Waals surface area contributed by atoms with Crippen molar-refractivity contribution >= 4 is 6.21 Å². The first kappa shape index (κ1) is 7.38. The Balaban J connectivity index is 2.52. The van der Waals surface area contributed by atoms with Gasteiger partial charge in [-0.25, -0.2) is 8.78 Å². The number of rotatable bonds is 1. The summed E-state index contributed by atoms with van der Waals surface area (Å²) in [6.07, 6.45) is 1.22. The number of allylic oxidation sites excluding steroid dienone is 2. The number of aliphatic imine (C=N–C) groups is 1. The molecule has 0 aromatic carbocycles. The number of alkyl halides is 2. The maximum atomic E-state index is 11.9. The Bertz CT molecular complexity index is 172. The van der Waals surface area contributed by atoms with Gasteiger partial charge in [-0.3, -0.25) is 4.99 Å². The van der Waals surface area contributed by atoms with Crippen LogP contribution in [-0.2, 0) is 0 Å². The van der Waals surface area contributed by atoms with E-state index >= 15 is 0 Å². The second kappa shape index (κ2) is 2.90. The smallest absolute Gasteiger partial charge is 0.246 e. The predicted octanol–water partition coefficient (Wildman–Crippen LogP) is 2.25. The van der Waals surface area contributed by atoms with Crippen molar-refractivity contribution in [1.29, 1.82) is 0 Å². The van der Waals surface area contributed by atoms with E-state index in [4.69, 9.17) is 0 Å². The Hall–Kier alpha value is -0.730. The third-order valence-electron chi connectivity index (χ3n) is 1.48. The van der Waals surface area contributed by atoms with Crippen LogP contribution in [0.2, 0.25) is 0 Å². The average molecular weight is 145 g/mol.